The number of anilines is 1. The number of nitrogens with zero attached hydrogens (tertiary/aromatic N) is 2. The van der Waals surface area contributed by atoms with Gasteiger partial charge in [-0.15, -0.1) is 0 Å². The first-order valence-electron chi connectivity index (χ1n) is 6.19. The van der Waals surface area contributed by atoms with Gasteiger partial charge in [0, 0.05) is 22.0 Å². The summed E-state index contributed by atoms with van der Waals surface area (Å²) in [5.74, 6) is 0.910. The van der Waals surface area contributed by atoms with Gasteiger partial charge in [0.05, 0.1) is 0 Å². The van der Waals surface area contributed by atoms with Crippen molar-refractivity contribution in [3.05, 3.63) is 41.2 Å². The molecule has 19 heavy (non-hydrogen) atoms. The lowest BCUT2D eigenvalue weighted by Crippen LogP contribution is -2.05. The third kappa shape index (κ3) is 3.85. The van der Waals surface area contributed by atoms with Crippen LogP contribution >= 0.6 is 23.4 Å². The summed E-state index contributed by atoms with van der Waals surface area (Å²) in [5, 5.41) is 5.03. The topological polar surface area (TPSA) is 37.8 Å². The third-order valence-electron chi connectivity index (χ3n) is 2.61. The molecule has 0 unspecified atom stereocenters. The molecule has 0 spiro atoms. The number of hydrogen-bond acceptors (Lipinski definition) is 4. The van der Waals surface area contributed by atoms with Crippen molar-refractivity contribution < 1.29 is 0 Å². The van der Waals surface area contributed by atoms with Crippen LogP contribution in [-0.4, -0.2) is 16.5 Å². The second kappa shape index (κ2) is 6.78. The van der Waals surface area contributed by atoms with Crippen LogP contribution < -0.4 is 5.32 Å². The van der Waals surface area contributed by atoms with Crippen molar-refractivity contribution in [1.82, 2.24) is 9.97 Å². The standard InChI is InChI=1S/C14H16ClN3S/c1-3-8-16-13-10(2)14(18-9-17-13)19-12-6-4-11(15)5-7-12/h4-7,9H,3,8H2,1-2H3,(H,16,17,18). The molecule has 2 rings (SSSR count). The van der Waals surface area contributed by atoms with E-state index in [1.807, 2.05) is 31.2 Å². The molecule has 0 fully saturated rings. The summed E-state index contributed by atoms with van der Waals surface area (Å²) in [7, 11) is 0. The van der Waals surface area contributed by atoms with Crippen molar-refractivity contribution in [2.24, 2.45) is 0 Å². The van der Waals surface area contributed by atoms with Crippen LogP contribution in [-0.2, 0) is 0 Å². The normalized spacial score (nSPS) is 10.5. The second-order valence-electron chi connectivity index (χ2n) is 4.14. The number of hydrogen-bond donors (Lipinski definition) is 1. The lowest BCUT2D eigenvalue weighted by molar-refractivity contribution is 0.938. The molecule has 0 atom stereocenters. The molecule has 0 saturated heterocycles. The van der Waals surface area contributed by atoms with Gasteiger partial charge in [0.2, 0.25) is 0 Å². The molecule has 1 aromatic carbocycles. The van der Waals surface area contributed by atoms with Crippen molar-refractivity contribution in [1.29, 1.82) is 0 Å². The number of rotatable bonds is 5. The van der Waals surface area contributed by atoms with Crippen LogP contribution in [0.2, 0.25) is 5.02 Å². The Hall–Kier alpha value is -1.26. The SMILES string of the molecule is CCCNc1ncnc(Sc2ccc(Cl)cc2)c1C. The van der Waals surface area contributed by atoms with Crippen LogP contribution in [0.1, 0.15) is 18.9 Å². The zero-order valence-corrected chi connectivity index (χ0v) is 12.6. The molecule has 0 saturated carbocycles. The van der Waals surface area contributed by atoms with E-state index < -0.39 is 0 Å². The first kappa shape index (κ1) is 14.2. The van der Waals surface area contributed by atoms with E-state index in [9.17, 15) is 0 Å². The van der Waals surface area contributed by atoms with E-state index in [1.165, 1.54) is 0 Å². The molecule has 0 aliphatic heterocycles. The monoisotopic (exact) mass is 293 g/mol. The fourth-order valence-corrected chi connectivity index (χ4v) is 2.54. The van der Waals surface area contributed by atoms with Gasteiger partial charge < -0.3 is 5.32 Å². The molecule has 0 amide bonds. The molecular formula is C14H16ClN3S. The van der Waals surface area contributed by atoms with Crippen molar-refractivity contribution in [3.8, 4) is 0 Å². The minimum absolute atomic E-state index is 0.745. The minimum Gasteiger partial charge on any atom is -0.370 e. The lowest BCUT2D eigenvalue weighted by atomic mass is 10.3. The maximum Gasteiger partial charge on any atom is 0.133 e. The van der Waals surface area contributed by atoms with Crippen LogP contribution in [0, 0.1) is 6.92 Å². The highest BCUT2D eigenvalue weighted by Crippen LogP contribution is 2.31. The molecule has 1 heterocycles. The quantitative estimate of drug-likeness (QED) is 0.829. The summed E-state index contributed by atoms with van der Waals surface area (Å²) in [6, 6.07) is 7.76. The highest BCUT2D eigenvalue weighted by Gasteiger charge is 2.08. The molecule has 5 heteroatoms. The third-order valence-corrected chi connectivity index (χ3v) is 3.97. The number of halogens is 1. The van der Waals surface area contributed by atoms with Gasteiger partial charge in [0.15, 0.2) is 0 Å². The molecule has 0 bridgehead atoms. The van der Waals surface area contributed by atoms with E-state index in [-0.39, 0.29) is 0 Å². The summed E-state index contributed by atoms with van der Waals surface area (Å²) >= 11 is 7.50. The van der Waals surface area contributed by atoms with Gasteiger partial charge in [-0.2, -0.15) is 0 Å². The molecular weight excluding hydrogens is 278 g/mol. The predicted octanol–water partition coefficient (Wildman–Crippen LogP) is 4.41. The first-order chi connectivity index (χ1) is 9.20. The summed E-state index contributed by atoms with van der Waals surface area (Å²) < 4.78 is 0. The zero-order valence-electron chi connectivity index (χ0n) is 11.0. The van der Waals surface area contributed by atoms with Gasteiger partial charge in [-0.25, -0.2) is 9.97 Å². The second-order valence-corrected chi connectivity index (χ2v) is 5.63. The van der Waals surface area contributed by atoms with Crippen LogP contribution in [0.5, 0.6) is 0 Å². The number of aromatic nitrogens is 2. The van der Waals surface area contributed by atoms with E-state index in [0.29, 0.717) is 0 Å². The average Bonchev–Trinajstić information content (AvgIpc) is 2.42. The Bertz CT molecular complexity index is 543. The molecule has 1 aromatic heterocycles. The molecule has 0 radical (unpaired) electrons. The largest absolute Gasteiger partial charge is 0.370 e. The van der Waals surface area contributed by atoms with Gasteiger partial charge in [-0.1, -0.05) is 30.3 Å². The lowest BCUT2D eigenvalue weighted by Gasteiger charge is -2.10. The summed E-state index contributed by atoms with van der Waals surface area (Å²) in [4.78, 5) is 9.74. The summed E-state index contributed by atoms with van der Waals surface area (Å²) in [6.45, 7) is 5.09. The number of benzene rings is 1. The van der Waals surface area contributed by atoms with Gasteiger partial charge in [0.25, 0.3) is 0 Å². The molecule has 2 aromatic rings. The Labute approximate surface area is 122 Å². The van der Waals surface area contributed by atoms with Crippen LogP contribution in [0.3, 0.4) is 0 Å². The van der Waals surface area contributed by atoms with Crippen molar-refractivity contribution in [2.45, 2.75) is 30.2 Å². The molecule has 3 nitrogen and oxygen atoms in total. The average molecular weight is 294 g/mol. The summed E-state index contributed by atoms with van der Waals surface area (Å²) in [5.41, 5.74) is 1.08. The highest BCUT2D eigenvalue weighted by atomic mass is 35.5. The fourth-order valence-electron chi connectivity index (χ4n) is 1.57. The Balaban J connectivity index is 2.18. The fraction of sp³-hybridized carbons (Fsp3) is 0.286. The van der Waals surface area contributed by atoms with Gasteiger partial charge in [0.1, 0.15) is 17.2 Å². The maximum atomic E-state index is 5.88. The van der Waals surface area contributed by atoms with Crippen molar-refractivity contribution in [3.63, 3.8) is 0 Å². The zero-order chi connectivity index (χ0) is 13.7. The van der Waals surface area contributed by atoms with E-state index in [0.717, 1.165) is 39.3 Å². The minimum atomic E-state index is 0.745. The first-order valence-corrected chi connectivity index (χ1v) is 7.39. The summed E-state index contributed by atoms with van der Waals surface area (Å²) in [6.07, 6.45) is 2.67. The smallest absolute Gasteiger partial charge is 0.133 e. The van der Waals surface area contributed by atoms with Gasteiger partial charge in [-0.3, -0.25) is 0 Å². The Morgan fingerprint density at radius 1 is 1.21 bits per heavy atom. The molecule has 100 valence electrons. The molecule has 0 aliphatic carbocycles. The Morgan fingerprint density at radius 2 is 1.95 bits per heavy atom. The highest BCUT2D eigenvalue weighted by molar-refractivity contribution is 7.99. The van der Waals surface area contributed by atoms with E-state index in [1.54, 1.807) is 18.1 Å². The van der Waals surface area contributed by atoms with Crippen molar-refractivity contribution in [2.75, 3.05) is 11.9 Å². The Kier molecular flexibility index (Phi) is 5.05. The van der Waals surface area contributed by atoms with E-state index in [2.05, 4.69) is 22.2 Å². The van der Waals surface area contributed by atoms with Gasteiger partial charge >= 0.3 is 0 Å². The van der Waals surface area contributed by atoms with Crippen LogP contribution in [0.4, 0.5) is 5.82 Å². The molecule has 1 N–H and O–H groups in total. The maximum absolute atomic E-state index is 5.88. The van der Waals surface area contributed by atoms with Crippen molar-refractivity contribution >= 4 is 29.2 Å². The van der Waals surface area contributed by atoms with Crippen LogP contribution in [0.15, 0.2) is 40.5 Å². The van der Waals surface area contributed by atoms with Crippen LogP contribution in [0.25, 0.3) is 0 Å². The van der Waals surface area contributed by atoms with E-state index in [4.69, 9.17) is 11.6 Å². The molecule has 0 aliphatic rings. The Morgan fingerprint density at radius 3 is 2.63 bits per heavy atom. The van der Waals surface area contributed by atoms with E-state index >= 15 is 0 Å². The predicted molar refractivity (Wildman–Crippen MR) is 81.1 cm³/mol. The number of nitrogens with one attached hydrogen (secondary N) is 1. The van der Waals surface area contributed by atoms with Gasteiger partial charge in [-0.05, 0) is 37.6 Å².